The second-order valence-electron chi connectivity index (χ2n) is 4.86. The topological polar surface area (TPSA) is 92.7 Å². The molecule has 1 rings (SSSR count). The zero-order valence-corrected chi connectivity index (χ0v) is 13.5. The molecule has 122 valence electrons. The number of aliphatic hydroxyl groups is 1. The number of ether oxygens (including phenoxy) is 1. The Morgan fingerprint density at radius 3 is 2.41 bits per heavy atom. The van der Waals surface area contributed by atoms with Crippen LogP contribution in [0.1, 0.15) is 6.92 Å². The summed E-state index contributed by atoms with van der Waals surface area (Å²) in [6, 6.07) is 7.05. The van der Waals surface area contributed by atoms with Crippen molar-refractivity contribution in [1.82, 2.24) is 5.32 Å². The summed E-state index contributed by atoms with van der Waals surface area (Å²) in [4.78, 5) is 11.6. The summed E-state index contributed by atoms with van der Waals surface area (Å²) in [5.41, 5.74) is 0.443. The molecule has 6 nitrogen and oxygen atoms in total. The maximum absolute atomic E-state index is 12.6. The predicted octanol–water partition coefficient (Wildman–Crippen LogP) is 0.528. The fourth-order valence-electron chi connectivity index (χ4n) is 1.94. The number of carbonyl (C=O) groups excluding carboxylic acids is 1. The minimum atomic E-state index is -3.63. The molecule has 0 amide bonds. The van der Waals surface area contributed by atoms with Crippen molar-refractivity contribution in [1.29, 1.82) is 0 Å². The maximum Gasteiger partial charge on any atom is 0.325 e. The van der Waals surface area contributed by atoms with Crippen LogP contribution >= 0.6 is 0 Å². The Hall–Kier alpha value is -1.70. The highest BCUT2D eigenvalue weighted by Crippen LogP contribution is 2.20. The van der Waals surface area contributed by atoms with Crippen LogP contribution in [0.3, 0.4) is 0 Å². The Morgan fingerprint density at radius 2 is 1.95 bits per heavy atom. The third-order valence-corrected chi connectivity index (χ3v) is 5.46. The number of rotatable bonds is 8. The highest BCUT2D eigenvalue weighted by molar-refractivity contribution is 7.92. The summed E-state index contributed by atoms with van der Waals surface area (Å²) in [5, 5.41) is 11.0. The maximum atomic E-state index is 12.6. The van der Waals surface area contributed by atoms with E-state index in [9.17, 15) is 13.2 Å². The summed E-state index contributed by atoms with van der Waals surface area (Å²) in [6.07, 6.45) is 0. The van der Waals surface area contributed by atoms with Gasteiger partial charge < -0.3 is 15.2 Å². The number of carbonyl (C=O) groups is 1. The third-order valence-electron chi connectivity index (χ3n) is 3.21. The standard InChI is InChI=1S/C15H21NO5S/c1-11(2)14(9-16-13(10-17)15(18)21-3)22(19,20)12-7-5-4-6-8-12/h4-8,13-14,16-17H,1,9-10H2,2-3H3/t13-,14?/m1/s1. The molecule has 0 bridgehead atoms. The van der Waals surface area contributed by atoms with Crippen LogP contribution in [0.2, 0.25) is 0 Å². The van der Waals surface area contributed by atoms with E-state index in [1.807, 2.05) is 0 Å². The van der Waals surface area contributed by atoms with Crippen molar-refractivity contribution in [2.45, 2.75) is 23.1 Å². The van der Waals surface area contributed by atoms with E-state index < -0.39 is 33.7 Å². The Labute approximate surface area is 130 Å². The van der Waals surface area contributed by atoms with Crippen LogP contribution < -0.4 is 5.32 Å². The lowest BCUT2D eigenvalue weighted by molar-refractivity contribution is -0.144. The normalized spacial score (nSPS) is 14.1. The van der Waals surface area contributed by atoms with Crippen molar-refractivity contribution in [2.24, 2.45) is 0 Å². The van der Waals surface area contributed by atoms with E-state index in [-0.39, 0.29) is 11.4 Å². The van der Waals surface area contributed by atoms with Crippen LogP contribution in [0, 0.1) is 0 Å². The quantitative estimate of drug-likeness (QED) is 0.534. The molecule has 1 aromatic rings. The van der Waals surface area contributed by atoms with E-state index in [0.717, 1.165) is 0 Å². The Kier molecular flexibility index (Phi) is 6.73. The van der Waals surface area contributed by atoms with Gasteiger partial charge >= 0.3 is 5.97 Å². The summed E-state index contributed by atoms with van der Waals surface area (Å²) in [5.74, 6) is -0.653. The van der Waals surface area contributed by atoms with E-state index in [2.05, 4.69) is 16.6 Å². The van der Waals surface area contributed by atoms with Crippen molar-refractivity contribution in [2.75, 3.05) is 20.3 Å². The molecule has 0 fully saturated rings. The van der Waals surface area contributed by atoms with Gasteiger partial charge in [-0.05, 0) is 19.1 Å². The molecule has 1 aromatic carbocycles. The minimum Gasteiger partial charge on any atom is -0.468 e. The van der Waals surface area contributed by atoms with Gasteiger partial charge in [0.05, 0.1) is 23.9 Å². The van der Waals surface area contributed by atoms with Gasteiger partial charge in [-0.1, -0.05) is 30.4 Å². The van der Waals surface area contributed by atoms with Gasteiger partial charge in [-0.25, -0.2) is 8.42 Å². The van der Waals surface area contributed by atoms with Crippen molar-refractivity contribution in [3.8, 4) is 0 Å². The second-order valence-corrected chi connectivity index (χ2v) is 6.99. The molecule has 0 aromatic heterocycles. The molecule has 2 atom stereocenters. The molecule has 0 saturated heterocycles. The lowest BCUT2D eigenvalue weighted by Crippen LogP contribution is -2.45. The average Bonchev–Trinajstić information content (AvgIpc) is 2.51. The Bertz CT molecular complexity index is 612. The monoisotopic (exact) mass is 327 g/mol. The fourth-order valence-corrected chi connectivity index (χ4v) is 3.65. The first-order valence-electron chi connectivity index (χ1n) is 6.71. The van der Waals surface area contributed by atoms with Crippen molar-refractivity contribution in [3.05, 3.63) is 42.5 Å². The lowest BCUT2D eigenvalue weighted by atomic mass is 10.2. The molecule has 1 unspecified atom stereocenters. The first-order valence-corrected chi connectivity index (χ1v) is 8.25. The number of benzene rings is 1. The first kappa shape index (κ1) is 18.3. The van der Waals surface area contributed by atoms with E-state index in [0.29, 0.717) is 5.57 Å². The summed E-state index contributed by atoms with van der Waals surface area (Å²) >= 11 is 0. The van der Waals surface area contributed by atoms with Crippen molar-refractivity contribution < 1.29 is 23.1 Å². The van der Waals surface area contributed by atoms with E-state index >= 15 is 0 Å². The van der Waals surface area contributed by atoms with Gasteiger partial charge in [0.1, 0.15) is 6.04 Å². The SMILES string of the molecule is C=C(C)C(CN[C@H](CO)C(=O)OC)S(=O)(=O)c1ccccc1. The molecule has 0 saturated carbocycles. The van der Waals surface area contributed by atoms with Gasteiger partial charge in [0.25, 0.3) is 0 Å². The van der Waals surface area contributed by atoms with Crippen LogP contribution in [0.4, 0.5) is 0 Å². The van der Waals surface area contributed by atoms with Gasteiger partial charge in [-0.3, -0.25) is 4.79 Å². The average molecular weight is 327 g/mol. The van der Waals surface area contributed by atoms with Crippen LogP contribution in [0.25, 0.3) is 0 Å². The van der Waals surface area contributed by atoms with Crippen LogP contribution in [-0.4, -0.2) is 51.0 Å². The number of sulfone groups is 1. The fraction of sp³-hybridized carbons (Fsp3) is 0.400. The molecular weight excluding hydrogens is 306 g/mol. The number of methoxy groups -OCH3 is 1. The first-order chi connectivity index (χ1) is 10.3. The summed E-state index contributed by atoms with van der Waals surface area (Å²) < 4.78 is 29.8. The zero-order valence-electron chi connectivity index (χ0n) is 12.7. The third kappa shape index (κ3) is 4.40. The van der Waals surface area contributed by atoms with Gasteiger partial charge in [0.2, 0.25) is 0 Å². The zero-order chi connectivity index (χ0) is 16.8. The van der Waals surface area contributed by atoms with Gasteiger partial charge in [0.15, 0.2) is 9.84 Å². The number of nitrogens with one attached hydrogen (secondary N) is 1. The molecule has 0 heterocycles. The molecule has 0 aliphatic rings. The molecule has 0 radical (unpaired) electrons. The molecule has 0 aliphatic heterocycles. The molecule has 2 N–H and O–H groups in total. The molecule has 0 spiro atoms. The van der Waals surface area contributed by atoms with Crippen LogP contribution in [0.5, 0.6) is 0 Å². The van der Waals surface area contributed by atoms with Gasteiger partial charge in [-0.2, -0.15) is 0 Å². The number of hydrogen-bond acceptors (Lipinski definition) is 6. The van der Waals surface area contributed by atoms with E-state index in [1.54, 1.807) is 25.1 Å². The molecule has 7 heteroatoms. The minimum absolute atomic E-state index is 0.0487. The van der Waals surface area contributed by atoms with E-state index in [4.69, 9.17) is 5.11 Å². The summed E-state index contributed by atoms with van der Waals surface area (Å²) in [6.45, 7) is 4.79. The van der Waals surface area contributed by atoms with Gasteiger partial charge in [-0.15, -0.1) is 0 Å². The Morgan fingerprint density at radius 1 is 1.36 bits per heavy atom. The Balaban J connectivity index is 2.96. The highest BCUT2D eigenvalue weighted by atomic mass is 32.2. The molecular formula is C15H21NO5S. The van der Waals surface area contributed by atoms with Crippen LogP contribution in [0.15, 0.2) is 47.4 Å². The predicted molar refractivity (Wildman–Crippen MR) is 83.1 cm³/mol. The summed E-state index contributed by atoms with van der Waals surface area (Å²) in [7, 11) is -2.43. The second kappa shape index (κ2) is 8.07. The van der Waals surface area contributed by atoms with Crippen molar-refractivity contribution >= 4 is 15.8 Å². The number of aliphatic hydroxyl groups excluding tert-OH is 1. The lowest BCUT2D eigenvalue weighted by Gasteiger charge is -2.21. The largest absolute Gasteiger partial charge is 0.468 e. The number of hydrogen-bond donors (Lipinski definition) is 2. The molecule has 0 aliphatic carbocycles. The van der Waals surface area contributed by atoms with Crippen molar-refractivity contribution in [3.63, 3.8) is 0 Å². The highest BCUT2D eigenvalue weighted by Gasteiger charge is 2.29. The van der Waals surface area contributed by atoms with E-state index in [1.165, 1.54) is 19.2 Å². The molecule has 22 heavy (non-hydrogen) atoms. The smallest absolute Gasteiger partial charge is 0.325 e. The number of esters is 1. The van der Waals surface area contributed by atoms with Gasteiger partial charge in [0, 0.05) is 6.54 Å². The van der Waals surface area contributed by atoms with Crippen LogP contribution in [-0.2, 0) is 19.4 Å².